The van der Waals surface area contributed by atoms with Crippen molar-refractivity contribution in [2.24, 2.45) is 7.05 Å². The lowest BCUT2D eigenvalue weighted by atomic mass is 10.0. The summed E-state index contributed by atoms with van der Waals surface area (Å²) in [5.74, 6) is 0.489. The van der Waals surface area contributed by atoms with Gasteiger partial charge in [0.1, 0.15) is 7.05 Å². The quantitative estimate of drug-likeness (QED) is 0.669. The molecule has 3 nitrogen and oxygen atoms in total. The number of nitrogens with zero attached hydrogens (tertiary/aromatic N) is 2. The van der Waals surface area contributed by atoms with Crippen LogP contribution in [0, 0.1) is 13.8 Å². The van der Waals surface area contributed by atoms with Crippen molar-refractivity contribution in [3.8, 4) is 0 Å². The van der Waals surface area contributed by atoms with E-state index in [0.717, 1.165) is 16.8 Å². The molecule has 2 heterocycles. The summed E-state index contributed by atoms with van der Waals surface area (Å²) in [4.78, 5) is 4.25. The normalized spacial score (nSPS) is 11.6. The molecule has 0 radical (unpaired) electrons. The van der Waals surface area contributed by atoms with Crippen molar-refractivity contribution in [2.45, 2.75) is 33.6 Å². The Balaban J connectivity index is 2.92. The van der Waals surface area contributed by atoms with Gasteiger partial charge in [0.15, 0.2) is 23.2 Å². The largest absolute Gasteiger partial charge is 0.443 e. The van der Waals surface area contributed by atoms with Gasteiger partial charge >= 0.3 is 0 Å². The summed E-state index contributed by atoms with van der Waals surface area (Å²) in [5, 5.41) is 0. The van der Waals surface area contributed by atoms with Crippen molar-refractivity contribution in [2.75, 3.05) is 0 Å². The SMILES string of the molecule is Cc1c(C(C)C)[n+](C)c(C)c2ncoc12. The molecule has 15 heavy (non-hydrogen) atoms. The third-order valence-corrected chi connectivity index (χ3v) is 3.05. The second kappa shape index (κ2) is 3.33. The first-order chi connectivity index (χ1) is 7.04. The average Bonchev–Trinajstić information content (AvgIpc) is 2.62. The Morgan fingerprint density at radius 3 is 2.60 bits per heavy atom. The Morgan fingerprint density at radius 2 is 2.00 bits per heavy atom. The average molecular weight is 205 g/mol. The first-order valence-corrected chi connectivity index (χ1v) is 5.26. The lowest BCUT2D eigenvalue weighted by Gasteiger charge is -2.09. The number of oxazole rings is 1. The molecular formula is C12H17N2O+. The van der Waals surface area contributed by atoms with Crippen LogP contribution in [0.1, 0.15) is 36.7 Å². The summed E-state index contributed by atoms with van der Waals surface area (Å²) in [5.41, 5.74) is 5.57. The molecule has 2 aromatic rings. The van der Waals surface area contributed by atoms with Crippen LogP contribution < -0.4 is 4.57 Å². The van der Waals surface area contributed by atoms with E-state index in [1.54, 1.807) is 0 Å². The van der Waals surface area contributed by atoms with Gasteiger partial charge < -0.3 is 4.42 Å². The number of hydrogen-bond donors (Lipinski definition) is 0. The van der Waals surface area contributed by atoms with Gasteiger partial charge in [-0.15, -0.1) is 0 Å². The maximum absolute atomic E-state index is 5.45. The fourth-order valence-corrected chi connectivity index (χ4v) is 2.30. The van der Waals surface area contributed by atoms with Gasteiger partial charge in [-0.3, -0.25) is 0 Å². The van der Waals surface area contributed by atoms with E-state index in [-0.39, 0.29) is 0 Å². The van der Waals surface area contributed by atoms with Crippen molar-refractivity contribution < 1.29 is 8.98 Å². The summed E-state index contributed by atoms with van der Waals surface area (Å²) in [6.45, 7) is 8.58. The van der Waals surface area contributed by atoms with Gasteiger partial charge in [-0.1, -0.05) is 13.8 Å². The number of pyridine rings is 1. The van der Waals surface area contributed by atoms with Gasteiger partial charge in [0.2, 0.25) is 5.69 Å². The molecule has 0 fully saturated rings. The van der Waals surface area contributed by atoms with E-state index in [0.29, 0.717) is 5.92 Å². The molecular weight excluding hydrogens is 188 g/mol. The molecule has 3 heteroatoms. The van der Waals surface area contributed by atoms with Crippen LogP contribution in [0.3, 0.4) is 0 Å². The fourth-order valence-electron chi connectivity index (χ4n) is 2.30. The number of aryl methyl sites for hydroxylation is 2. The van der Waals surface area contributed by atoms with E-state index in [1.807, 2.05) is 0 Å². The van der Waals surface area contributed by atoms with Crippen molar-refractivity contribution in [1.82, 2.24) is 4.98 Å². The Morgan fingerprint density at radius 1 is 1.33 bits per heavy atom. The summed E-state index contributed by atoms with van der Waals surface area (Å²) in [7, 11) is 2.09. The van der Waals surface area contributed by atoms with Crippen molar-refractivity contribution in [3.63, 3.8) is 0 Å². The van der Waals surface area contributed by atoms with E-state index >= 15 is 0 Å². The van der Waals surface area contributed by atoms with E-state index in [9.17, 15) is 0 Å². The van der Waals surface area contributed by atoms with Crippen molar-refractivity contribution in [3.05, 3.63) is 23.3 Å². The minimum absolute atomic E-state index is 0.489. The van der Waals surface area contributed by atoms with Crippen molar-refractivity contribution >= 4 is 11.1 Å². The van der Waals surface area contributed by atoms with Gasteiger partial charge in [0.25, 0.3) is 0 Å². The van der Waals surface area contributed by atoms with E-state index in [4.69, 9.17) is 4.42 Å². The molecule has 2 rings (SSSR count). The lowest BCUT2D eigenvalue weighted by Crippen LogP contribution is -2.39. The van der Waals surface area contributed by atoms with E-state index in [2.05, 4.69) is 44.3 Å². The molecule has 0 amide bonds. The smallest absolute Gasteiger partial charge is 0.208 e. The highest BCUT2D eigenvalue weighted by molar-refractivity contribution is 5.77. The molecule has 0 aliphatic carbocycles. The predicted molar refractivity (Wildman–Crippen MR) is 58.7 cm³/mol. The van der Waals surface area contributed by atoms with Gasteiger partial charge in [0, 0.05) is 12.8 Å². The van der Waals surface area contributed by atoms with E-state index in [1.165, 1.54) is 17.7 Å². The van der Waals surface area contributed by atoms with Crippen LogP contribution in [0.2, 0.25) is 0 Å². The fraction of sp³-hybridized carbons (Fsp3) is 0.500. The topological polar surface area (TPSA) is 29.9 Å². The minimum atomic E-state index is 0.489. The maximum atomic E-state index is 5.45. The Kier molecular flexibility index (Phi) is 2.25. The van der Waals surface area contributed by atoms with Crippen LogP contribution in [0.4, 0.5) is 0 Å². The molecule has 0 saturated carbocycles. The molecule has 2 aromatic heterocycles. The lowest BCUT2D eigenvalue weighted by molar-refractivity contribution is -0.685. The van der Waals surface area contributed by atoms with Crippen LogP contribution in [0.25, 0.3) is 11.1 Å². The van der Waals surface area contributed by atoms with Gasteiger partial charge in [-0.05, 0) is 6.92 Å². The van der Waals surface area contributed by atoms with Gasteiger partial charge in [0.05, 0.1) is 5.56 Å². The molecule has 0 saturated heterocycles. The molecule has 0 aliphatic rings. The number of aromatic nitrogens is 2. The van der Waals surface area contributed by atoms with Crippen LogP contribution in [0.15, 0.2) is 10.8 Å². The molecule has 80 valence electrons. The number of rotatable bonds is 1. The molecule has 0 N–H and O–H groups in total. The third-order valence-electron chi connectivity index (χ3n) is 3.05. The standard InChI is InChI=1S/C12H17N2O/c1-7(2)11-8(3)12-10(13-6-15-12)9(4)14(11)5/h6-7H,1-5H3/q+1. The third kappa shape index (κ3) is 1.34. The summed E-state index contributed by atoms with van der Waals surface area (Å²) >= 11 is 0. The number of fused-ring (bicyclic) bond motifs is 1. The summed E-state index contributed by atoms with van der Waals surface area (Å²) < 4.78 is 7.66. The molecule has 0 aromatic carbocycles. The second-order valence-corrected chi connectivity index (χ2v) is 4.34. The first-order valence-electron chi connectivity index (χ1n) is 5.26. The molecule has 0 atom stereocenters. The molecule has 0 aliphatic heterocycles. The zero-order valence-electron chi connectivity index (χ0n) is 9.96. The van der Waals surface area contributed by atoms with Crippen LogP contribution in [-0.2, 0) is 7.05 Å². The summed E-state index contributed by atoms with van der Waals surface area (Å²) in [6.07, 6.45) is 1.52. The monoisotopic (exact) mass is 205 g/mol. The Bertz CT molecular complexity index is 512. The van der Waals surface area contributed by atoms with Gasteiger partial charge in [-0.25, -0.2) is 9.55 Å². The second-order valence-electron chi connectivity index (χ2n) is 4.34. The number of hydrogen-bond acceptors (Lipinski definition) is 2. The van der Waals surface area contributed by atoms with Crippen LogP contribution >= 0.6 is 0 Å². The predicted octanol–water partition coefficient (Wildman–Crippen LogP) is 2.39. The Labute approximate surface area is 89.7 Å². The zero-order chi connectivity index (χ0) is 11.2. The minimum Gasteiger partial charge on any atom is -0.443 e. The summed E-state index contributed by atoms with van der Waals surface area (Å²) in [6, 6.07) is 0. The Hall–Kier alpha value is -1.38. The van der Waals surface area contributed by atoms with Crippen LogP contribution in [0.5, 0.6) is 0 Å². The van der Waals surface area contributed by atoms with E-state index < -0.39 is 0 Å². The highest BCUT2D eigenvalue weighted by Crippen LogP contribution is 2.24. The maximum Gasteiger partial charge on any atom is 0.208 e. The highest BCUT2D eigenvalue weighted by Gasteiger charge is 2.24. The first kappa shape index (κ1) is 10.1. The van der Waals surface area contributed by atoms with Crippen LogP contribution in [-0.4, -0.2) is 4.98 Å². The van der Waals surface area contributed by atoms with Gasteiger partial charge in [-0.2, -0.15) is 0 Å². The molecule has 0 bridgehead atoms. The van der Waals surface area contributed by atoms with Crippen molar-refractivity contribution in [1.29, 1.82) is 0 Å². The highest BCUT2D eigenvalue weighted by atomic mass is 16.3. The molecule has 0 unspecified atom stereocenters. The molecule has 0 spiro atoms. The zero-order valence-corrected chi connectivity index (χ0v) is 9.96.